The summed E-state index contributed by atoms with van der Waals surface area (Å²) in [5.41, 5.74) is 0.976. The molecule has 3 heterocycles. The predicted molar refractivity (Wildman–Crippen MR) is 129 cm³/mol. The predicted octanol–water partition coefficient (Wildman–Crippen LogP) is 4.94. The van der Waals surface area contributed by atoms with Crippen LogP contribution < -0.4 is 15.0 Å². The van der Waals surface area contributed by atoms with Crippen molar-refractivity contribution in [2.24, 2.45) is 17.8 Å². The van der Waals surface area contributed by atoms with Gasteiger partial charge in [0.15, 0.2) is 0 Å². The Labute approximate surface area is 203 Å². The Balaban J connectivity index is 1.33. The molecule has 0 spiro atoms. The lowest BCUT2D eigenvalue weighted by molar-refractivity contribution is 0.369. The van der Waals surface area contributed by atoms with Gasteiger partial charge >= 0.3 is 6.01 Å². The van der Waals surface area contributed by atoms with Gasteiger partial charge in [0.2, 0.25) is 5.95 Å². The van der Waals surface area contributed by atoms with Crippen molar-refractivity contribution in [2.45, 2.75) is 46.2 Å². The number of ether oxygens (including phenoxy) is 1. The number of piperidine rings is 1. The molecular weight excluding hydrogens is 457 g/mol. The second-order valence-corrected chi connectivity index (χ2v) is 10.1. The van der Waals surface area contributed by atoms with Gasteiger partial charge in [-0.25, -0.2) is 19.0 Å². The molecule has 5 rings (SSSR count). The third-order valence-electron chi connectivity index (χ3n) is 6.46. The highest BCUT2D eigenvalue weighted by Gasteiger charge is 2.43. The number of nitrogens with zero attached hydrogens (tertiary/aromatic N) is 6. The van der Waals surface area contributed by atoms with E-state index >= 15 is 0 Å². The van der Waals surface area contributed by atoms with Crippen LogP contribution in [-0.4, -0.2) is 43.9 Å². The maximum Gasteiger partial charge on any atom is 0.322 e. The quantitative estimate of drug-likeness (QED) is 0.507. The largest absolute Gasteiger partial charge is 0.424 e. The second kappa shape index (κ2) is 9.37. The van der Waals surface area contributed by atoms with Crippen LogP contribution in [0.3, 0.4) is 0 Å². The van der Waals surface area contributed by atoms with E-state index in [2.05, 4.69) is 44.1 Å². The first-order valence-corrected chi connectivity index (χ1v) is 12.1. The zero-order chi connectivity index (χ0) is 23.8. The SMILES string of the molecule is Cc1cc(N2CC3CCC(C2)C3Nc2nc(Oc3cc(F)cc(Cl)c3)n(CC(C)C)n2)ncn1. The standard InChI is InChI=1S/C24H29ClFN7O/c1-14(2)10-33-24(34-20-8-18(25)7-19(26)9-20)30-23(31-33)29-22-16-4-5-17(22)12-32(11-16)21-6-15(3)27-13-28-21/h6-9,13-14,16-17,22H,4-5,10-12H2,1-3H3,(H,29,31). The van der Waals surface area contributed by atoms with Crippen LogP contribution in [0.5, 0.6) is 11.8 Å². The van der Waals surface area contributed by atoms with Crippen LogP contribution in [0.25, 0.3) is 0 Å². The summed E-state index contributed by atoms with van der Waals surface area (Å²) in [5, 5.41) is 8.53. The van der Waals surface area contributed by atoms with Crippen molar-refractivity contribution < 1.29 is 9.13 Å². The van der Waals surface area contributed by atoms with E-state index in [0.29, 0.717) is 42.0 Å². The molecule has 0 amide bonds. The Bertz CT molecular complexity index is 1140. The topological polar surface area (TPSA) is 81.0 Å². The Morgan fingerprint density at radius 1 is 1.15 bits per heavy atom. The third-order valence-corrected chi connectivity index (χ3v) is 6.68. The van der Waals surface area contributed by atoms with E-state index in [1.165, 1.54) is 12.1 Å². The van der Waals surface area contributed by atoms with Gasteiger partial charge in [-0.2, -0.15) is 4.98 Å². The van der Waals surface area contributed by atoms with Crippen molar-refractivity contribution in [3.05, 3.63) is 47.1 Å². The normalized spacial score (nSPS) is 21.8. The minimum absolute atomic E-state index is 0.269. The number of rotatable bonds is 7. The molecule has 2 aromatic heterocycles. The molecule has 1 aromatic carbocycles. The van der Waals surface area contributed by atoms with Crippen LogP contribution in [0.1, 0.15) is 32.4 Å². The van der Waals surface area contributed by atoms with Crippen molar-refractivity contribution in [2.75, 3.05) is 23.3 Å². The van der Waals surface area contributed by atoms with E-state index < -0.39 is 5.82 Å². The molecule has 2 aliphatic rings. The molecule has 2 unspecified atom stereocenters. The Kier molecular flexibility index (Phi) is 6.29. The summed E-state index contributed by atoms with van der Waals surface area (Å²) in [4.78, 5) is 15.7. The highest BCUT2D eigenvalue weighted by Crippen LogP contribution is 2.40. The van der Waals surface area contributed by atoms with Crippen molar-refractivity contribution in [3.63, 3.8) is 0 Å². The number of nitrogens with one attached hydrogen (secondary N) is 1. The van der Waals surface area contributed by atoms with E-state index in [1.807, 2.05) is 13.0 Å². The second-order valence-electron chi connectivity index (χ2n) is 9.69. The summed E-state index contributed by atoms with van der Waals surface area (Å²) in [6.07, 6.45) is 3.94. The maximum absolute atomic E-state index is 13.8. The van der Waals surface area contributed by atoms with E-state index in [0.717, 1.165) is 37.4 Å². The minimum Gasteiger partial charge on any atom is -0.424 e. The molecule has 1 saturated heterocycles. The van der Waals surface area contributed by atoms with Gasteiger partial charge in [-0.3, -0.25) is 0 Å². The number of fused-ring (bicyclic) bond motifs is 2. The Hall–Kier alpha value is -2.94. The van der Waals surface area contributed by atoms with Crippen LogP contribution in [0.15, 0.2) is 30.6 Å². The molecule has 0 radical (unpaired) electrons. The van der Waals surface area contributed by atoms with Crippen molar-refractivity contribution in [1.82, 2.24) is 24.7 Å². The van der Waals surface area contributed by atoms with Crippen LogP contribution in [0.2, 0.25) is 5.02 Å². The zero-order valence-corrected chi connectivity index (χ0v) is 20.3. The molecule has 34 heavy (non-hydrogen) atoms. The number of aryl methyl sites for hydroxylation is 1. The lowest BCUT2D eigenvalue weighted by Crippen LogP contribution is -2.48. The first-order valence-electron chi connectivity index (χ1n) is 11.7. The zero-order valence-electron chi connectivity index (χ0n) is 19.6. The lowest BCUT2D eigenvalue weighted by Gasteiger charge is -2.38. The smallest absolute Gasteiger partial charge is 0.322 e. The Morgan fingerprint density at radius 2 is 1.91 bits per heavy atom. The molecule has 2 bridgehead atoms. The number of hydrogen-bond donors (Lipinski definition) is 1. The van der Waals surface area contributed by atoms with Gasteiger partial charge in [0.1, 0.15) is 23.7 Å². The molecule has 10 heteroatoms. The summed E-state index contributed by atoms with van der Waals surface area (Å²) >= 11 is 5.99. The van der Waals surface area contributed by atoms with E-state index in [-0.39, 0.29) is 11.1 Å². The fourth-order valence-electron chi connectivity index (χ4n) is 5.03. The average Bonchev–Trinajstić information content (AvgIpc) is 3.21. The van der Waals surface area contributed by atoms with Gasteiger partial charge in [0.05, 0.1) is 0 Å². The molecule has 3 aromatic rings. The maximum atomic E-state index is 13.8. The van der Waals surface area contributed by atoms with E-state index in [9.17, 15) is 4.39 Å². The van der Waals surface area contributed by atoms with Crippen molar-refractivity contribution >= 4 is 23.4 Å². The van der Waals surface area contributed by atoms with Crippen LogP contribution in [-0.2, 0) is 6.54 Å². The third kappa shape index (κ3) is 4.94. The average molecular weight is 486 g/mol. The monoisotopic (exact) mass is 485 g/mol. The molecule has 2 atom stereocenters. The summed E-state index contributed by atoms with van der Waals surface area (Å²) in [6.45, 7) is 8.69. The molecule has 1 aliphatic heterocycles. The molecule has 180 valence electrons. The van der Waals surface area contributed by atoms with Gasteiger partial charge in [-0.15, -0.1) is 5.10 Å². The summed E-state index contributed by atoms with van der Waals surface area (Å²) in [5.74, 6) is 2.64. The van der Waals surface area contributed by atoms with Crippen LogP contribution >= 0.6 is 11.6 Å². The van der Waals surface area contributed by atoms with Gasteiger partial charge in [0, 0.05) is 48.5 Å². The molecule has 1 N–H and O–H groups in total. The summed E-state index contributed by atoms with van der Waals surface area (Å²) in [7, 11) is 0. The molecule has 8 nitrogen and oxygen atoms in total. The molecule has 1 aliphatic carbocycles. The molecule has 1 saturated carbocycles. The number of halogens is 2. The highest BCUT2D eigenvalue weighted by atomic mass is 35.5. The summed E-state index contributed by atoms with van der Waals surface area (Å²) in [6, 6.07) is 6.75. The number of anilines is 2. The number of aromatic nitrogens is 5. The van der Waals surface area contributed by atoms with Gasteiger partial charge < -0.3 is 15.0 Å². The first kappa shape index (κ1) is 22.8. The fourth-order valence-corrected chi connectivity index (χ4v) is 5.24. The van der Waals surface area contributed by atoms with E-state index in [4.69, 9.17) is 16.3 Å². The van der Waals surface area contributed by atoms with Gasteiger partial charge in [0.25, 0.3) is 0 Å². The minimum atomic E-state index is -0.460. The molecule has 2 fully saturated rings. The number of benzene rings is 1. The lowest BCUT2D eigenvalue weighted by atomic mass is 9.92. The van der Waals surface area contributed by atoms with Crippen LogP contribution in [0.4, 0.5) is 16.2 Å². The van der Waals surface area contributed by atoms with Gasteiger partial charge in [-0.1, -0.05) is 25.4 Å². The van der Waals surface area contributed by atoms with Crippen molar-refractivity contribution in [3.8, 4) is 11.8 Å². The first-order chi connectivity index (χ1) is 16.3. The summed E-state index contributed by atoms with van der Waals surface area (Å²) < 4.78 is 21.4. The van der Waals surface area contributed by atoms with Gasteiger partial charge in [-0.05, 0) is 49.7 Å². The fraction of sp³-hybridized carbons (Fsp3) is 0.500. The highest BCUT2D eigenvalue weighted by molar-refractivity contribution is 6.30. The Morgan fingerprint density at radius 3 is 2.59 bits per heavy atom. The number of hydrogen-bond acceptors (Lipinski definition) is 7. The van der Waals surface area contributed by atoms with E-state index in [1.54, 1.807) is 17.1 Å². The molecular formula is C24H29ClFN7O. The van der Waals surface area contributed by atoms with Crippen molar-refractivity contribution in [1.29, 1.82) is 0 Å². The van der Waals surface area contributed by atoms with Crippen LogP contribution in [0, 0.1) is 30.5 Å².